The number of allylic oxidation sites excluding steroid dienone is 2. The second-order valence-corrected chi connectivity index (χ2v) is 3.39. The lowest BCUT2D eigenvalue weighted by atomic mass is 10.3. The molecule has 38 valence electrons. The second-order valence-electron chi connectivity index (χ2n) is 1.99. The number of hydrogen-bond acceptors (Lipinski definition) is 1. The maximum atomic E-state index is 7.20. The normalized spacial score (nSPS) is 29.7. The number of hydrogen-bond donors (Lipinski definition) is 1. The summed E-state index contributed by atoms with van der Waals surface area (Å²) in [5.74, 6) is 0. The summed E-state index contributed by atoms with van der Waals surface area (Å²) in [4.78, 5) is 0. The lowest BCUT2D eigenvalue weighted by Gasteiger charge is -1.95. The van der Waals surface area contributed by atoms with Crippen LogP contribution < -0.4 is 0 Å². The highest BCUT2D eigenvalue weighted by Gasteiger charge is 2.07. The molecule has 1 rings (SSSR count). The number of rotatable bonds is 0. The molecule has 7 heavy (non-hydrogen) atoms. The molecule has 1 atom stereocenters. The van der Waals surface area contributed by atoms with Gasteiger partial charge in [-0.1, -0.05) is 6.08 Å². The molecule has 0 bridgehead atoms. The molecule has 1 unspecified atom stereocenters. The van der Waals surface area contributed by atoms with Gasteiger partial charge in [0.25, 0.3) is 0 Å². The maximum Gasteiger partial charge on any atom is 0.0308 e. The quantitative estimate of drug-likeness (QED) is 0.429. The van der Waals surface area contributed by atoms with Crippen molar-refractivity contribution in [2.75, 3.05) is 0 Å². The Hall–Kier alpha value is -0.373. The molecule has 0 amide bonds. The molecule has 0 saturated heterocycles. The summed E-state index contributed by atoms with van der Waals surface area (Å²) < 4.78 is 0. The van der Waals surface area contributed by atoms with Crippen molar-refractivity contribution in [3.8, 4) is 0 Å². The summed E-state index contributed by atoms with van der Waals surface area (Å²) in [7, 11) is 1.15. The van der Waals surface area contributed by atoms with Crippen LogP contribution in [-0.4, -0.2) is 16.0 Å². The fraction of sp³-hybridized carbons (Fsp3) is 0.400. The summed E-state index contributed by atoms with van der Waals surface area (Å²) in [5.41, 5.74) is 1.46. The standard InChI is InChI=1S/C5H9NSi/c6-4-2-1-3-5(4)7/h1-2,5-6H,3H2,7H3. The van der Waals surface area contributed by atoms with E-state index in [0.29, 0.717) is 5.54 Å². The fourth-order valence-electron chi connectivity index (χ4n) is 0.690. The highest BCUT2D eigenvalue weighted by atomic mass is 28.1. The van der Waals surface area contributed by atoms with Crippen molar-refractivity contribution in [2.45, 2.75) is 12.0 Å². The van der Waals surface area contributed by atoms with Gasteiger partial charge in [0.15, 0.2) is 0 Å². The van der Waals surface area contributed by atoms with E-state index in [0.717, 1.165) is 22.4 Å². The molecule has 0 heterocycles. The Kier molecular flexibility index (Phi) is 1.10. The Morgan fingerprint density at radius 1 is 1.86 bits per heavy atom. The van der Waals surface area contributed by atoms with E-state index >= 15 is 0 Å². The lowest BCUT2D eigenvalue weighted by molar-refractivity contribution is 1.12. The molecule has 1 nitrogen and oxygen atoms in total. The molecular weight excluding hydrogens is 102 g/mol. The molecule has 0 spiro atoms. The predicted molar refractivity (Wildman–Crippen MR) is 35.2 cm³/mol. The molecule has 1 aliphatic carbocycles. The predicted octanol–water partition coefficient (Wildman–Crippen LogP) is 0.120. The minimum Gasteiger partial charge on any atom is -0.305 e. The Morgan fingerprint density at radius 3 is 2.71 bits per heavy atom. The van der Waals surface area contributed by atoms with E-state index < -0.39 is 0 Å². The fourth-order valence-corrected chi connectivity index (χ4v) is 1.15. The van der Waals surface area contributed by atoms with Gasteiger partial charge in [0, 0.05) is 16.0 Å². The average Bonchev–Trinajstić information content (AvgIpc) is 1.91. The Bertz CT molecular complexity index is 117. The molecule has 1 N–H and O–H groups in total. The van der Waals surface area contributed by atoms with Crippen LogP contribution in [0.3, 0.4) is 0 Å². The van der Waals surface area contributed by atoms with Gasteiger partial charge in [-0.15, -0.1) is 0 Å². The minimum atomic E-state index is 0.625. The zero-order valence-corrected chi connectivity index (χ0v) is 6.44. The largest absolute Gasteiger partial charge is 0.305 e. The van der Waals surface area contributed by atoms with Gasteiger partial charge in [0.05, 0.1) is 0 Å². The summed E-state index contributed by atoms with van der Waals surface area (Å²) in [6, 6.07) is 0. The molecule has 0 radical (unpaired) electrons. The van der Waals surface area contributed by atoms with Gasteiger partial charge in [0.1, 0.15) is 0 Å². The van der Waals surface area contributed by atoms with Crippen molar-refractivity contribution < 1.29 is 0 Å². The second kappa shape index (κ2) is 1.62. The van der Waals surface area contributed by atoms with Gasteiger partial charge >= 0.3 is 0 Å². The molecule has 0 fully saturated rings. The molecule has 0 aromatic carbocycles. The third-order valence-corrected chi connectivity index (χ3v) is 2.41. The van der Waals surface area contributed by atoms with E-state index in [-0.39, 0.29) is 0 Å². The van der Waals surface area contributed by atoms with Crippen LogP contribution in [0.1, 0.15) is 6.42 Å². The topological polar surface area (TPSA) is 23.9 Å². The first kappa shape index (κ1) is 4.78. The van der Waals surface area contributed by atoms with Crippen LogP contribution in [0.15, 0.2) is 12.2 Å². The van der Waals surface area contributed by atoms with Gasteiger partial charge in [0.2, 0.25) is 0 Å². The van der Waals surface area contributed by atoms with Crippen LogP contribution in [0.25, 0.3) is 0 Å². The third kappa shape index (κ3) is 0.799. The van der Waals surface area contributed by atoms with Crippen molar-refractivity contribution in [3.63, 3.8) is 0 Å². The summed E-state index contributed by atoms with van der Waals surface area (Å²) in [5, 5.41) is 7.20. The van der Waals surface area contributed by atoms with E-state index in [1.807, 2.05) is 6.08 Å². The van der Waals surface area contributed by atoms with Crippen molar-refractivity contribution >= 4 is 16.0 Å². The molecule has 0 saturated carbocycles. The first-order valence-electron chi connectivity index (χ1n) is 2.55. The summed E-state index contributed by atoms with van der Waals surface area (Å²) in [6.07, 6.45) is 5.13. The van der Waals surface area contributed by atoms with Crippen molar-refractivity contribution in [1.82, 2.24) is 0 Å². The highest BCUT2D eigenvalue weighted by Crippen LogP contribution is 2.15. The lowest BCUT2D eigenvalue weighted by Crippen LogP contribution is -1.95. The van der Waals surface area contributed by atoms with E-state index in [9.17, 15) is 0 Å². The molecule has 1 aliphatic rings. The Labute approximate surface area is 46.4 Å². The zero-order chi connectivity index (χ0) is 5.28. The van der Waals surface area contributed by atoms with Crippen LogP contribution in [0.2, 0.25) is 5.54 Å². The average molecular weight is 111 g/mol. The molecular formula is C5H9NSi. The van der Waals surface area contributed by atoms with Crippen LogP contribution in [0, 0.1) is 5.41 Å². The smallest absolute Gasteiger partial charge is 0.0308 e. The molecule has 0 aromatic heterocycles. The van der Waals surface area contributed by atoms with Gasteiger partial charge in [-0.2, -0.15) is 0 Å². The first-order chi connectivity index (χ1) is 3.30. The van der Waals surface area contributed by atoms with Crippen molar-refractivity contribution in [3.05, 3.63) is 12.2 Å². The van der Waals surface area contributed by atoms with Crippen molar-refractivity contribution in [2.24, 2.45) is 0 Å². The van der Waals surface area contributed by atoms with Crippen LogP contribution in [0.5, 0.6) is 0 Å². The van der Waals surface area contributed by atoms with E-state index in [1.165, 1.54) is 0 Å². The van der Waals surface area contributed by atoms with Gasteiger partial charge in [-0.25, -0.2) is 0 Å². The van der Waals surface area contributed by atoms with Crippen LogP contribution in [-0.2, 0) is 0 Å². The van der Waals surface area contributed by atoms with Crippen LogP contribution in [0.4, 0.5) is 0 Å². The first-order valence-corrected chi connectivity index (χ1v) is 3.71. The zero-order valence-electron chi connectivity index (χ0n) is 4.44. The van der Waals surface area contributed by atoms with E-state index in [1.54, 1.807) is 0 Å². The Morgan fingerprint density at radius 2 is 2.57 bits per heavy atom. The molecule has 0 aliphatic heterocycles. The SMILES string of the molecule is N=C1C=CCC1[SiH3]. The third-order valence-electron chi connectivity index (χ3n) is 1.32. The molecule has 0 aromatic rings. The van der Waals surface area contributed by atoms with Gasteiger partial charge in [-0.3, -0.25) is 0 Å². The molecule has 2 heteroatoms. The maximum absolute atomic E-state index is 7.20. The van der Waals surface area contributed by atoms with Gasteiger partial charge < -0.3 is 5.41 Å². The highest BCUT2D eigenvalue weighted by molar-refractivity contribution is 6.28. The van der Waals surface area contributed by atoms with E-state index in [4.69, 9.17) is 5.41 Å². The summed E-state index contributed by atoms with van der Waals surface area (Å²) >= 11 is 0. The van der Waals surface area contributed by atoms with E-state index in [2.05, 4.69) is 6.08 Å². The minimum absolute atomic E-state index is 0.625. The van der Waals surface area contributed by atoms with Crippen molar-refractivity contribution in [1.29, 1.82) is 5.41 Å². The Balaban J connectivity index is 2.62. The van der Waals surface area contributed by atoms with Crippen LogP contribution >= 0.6 is 0 Å². The monoisotopic (exact) mass is 111 g/mol. The number of nitrogens with one attached hydrogen (secondary N) is 1. The van der Waals surface area contributed by atoms with Gasteiger partial charge in [-0.05, 0) is 18.0 Å². The summed E-state index contributed by atoms with van der Waals surface area (Å²) in [6.45, 7) is 0.